The Bertz CT molecular complexity index is 749. The Morgan fingerprint density at radius 3 is 1.89 bits per heavy atom. The van der Waals surface area contributed by atoms with E-state index in [1.54, 1.807) is 0 Å². The van der Waals surface area contributed by atoms with Crippen LogP contribution in [0.3, 0.4) is 0 Å². The van der Waals surface area contributed by atoms with Crippen LogP contribution in [-0.4, -0.2) is 35.2 Å². The largest absolute Gasteiger partial charge is 0.353 e. The molecule has 5 heteroatoms. The Labute approximate surface area is 159 Å². The van der Waals surface area contributed by atoms with Crippen molar-refractivity contribution in [1.82, 2.24) is 10.2 Å². The number of rotatable bonds is 7. The van der Waals surface area contributed by atoms with Gasteiger partial charge in [0, 0.05) is 37.8 Å². The van der Waals surface area contributed by atoms with E-state index in [4.69, 9.17) is 0 Å². The molecule has 0 saturated carbocycles. The zero-order valence-corrected chi connectivity index (χ0v) is 15.4. The lowest BCUT2D eigenvalue weighted by Gasteiger charge is -2.26. The van der Waals surface area contributed by atoms with E-state index in [0.717, 1.165) is 11.1 Å². The summed E-state index contributed by atoms with van der Waals surface area (Å²) >= 11 is 0. The van der Waals surface area contributed by atoms with Gasteiger partial charge in [0.05, 0.1) is 0 Å². The fraction of sp³-hybridized carbons (Fsp3) is 0.318. The molecule has 1 heterocycles. The van der Waals surface area contributed by atoms with Crippen LogP contribution >= 0.6 is 0 Å². The van der Waals surface area contributed by atoms with Gasteiger partial charge in [0.2, 0.25) is 17.7 Å². The van der Waals surface area contributed by atoms with Crippen molar-refractivity contribution >= 4 is 17.7 Å². The molecule has 1 N–H and O–H groups in total. The Balaban J connectivity index is 1.67. The molecule has 3 rings (SSSR count). The lowest BCUT2D eigenvalue weighted by molar-refractivity contribution is -0.138. The molecule has 1 saturated heterocycles. The standard InChI is InChI=1S/C22H24N2O3/c1-16(23-19(25)14-15-24-20(26)12-13-21(24)27)22(17-8-4-2-5-9-17)18-10-6-3-7-11-18/h2-11,16,22H,12-15H2,1H3,(H,23,25). The maximum Gasteiger partial charge on any atom is 0.229 e. The molecule has 2 aromatic rings. The third-order valence-electron chi connectivity index (χ3n) is 4.92. The summed E-state index contributed by atoms with van der Waals surface area (Å²) < 4.78 is 0. The second-order valence-electron chi connectivity index (χ2n) is 6.84. The molecule has 2 aromatic carbocycles. The van der Waals surface area contributed by atoms with Crippen molar-refractivity contribution in [2.45, 2.75) is 38.1 Å². The van der Waals surface area contributed by atoms with Crippen LogP contribution in [0.25, 0.3) is 0 Å². The molecule has 0 spiro atoms. The molecule has 27 heavy (non-hydrogen) atoms. The first-order valence-corrected chi connectivity index (χ1v) is 9.28. The summed E-state index contributed by atoms with van der Waals surface area (Å²) in [6.07, 6.45) is 0.625. The van der Waals surface area contributed by atoms with Gasteiger partial charge in [-0.05, 0) is 18.1 Å². The number of nitrogens with zero attached hydrogens (tertiary/aromatic N) is 1. The molecule has 140 valence electrons. The van der Waals surface area contributed by atoms with Crippen LogP contribution in [0, 0.1) is 0 Å². The van der Waals surface area contributed by atoms with Gasteiger partial charge in [-0.15, -0.1) is 0 Å². The van der Waals surface area contributed by atoms with Gasteiger partial charge >= 0.3 is 0 Å². The van der Waals surface area contributed by atoms with Gasteiger partial charge in [-0.2, -0.15) is 0 Å². The molecule has 0 aromatic heterocycles. The smallest absolute Gasteiger partial charge is 0.229 e. The van der Waals surface area contributed by atoms with E-state index in [-0.39, 0.29) is 55.5 Å². The first-order chi connectivity index (χ1) is 13.1. The zero-order chi connectivity index (χ0) is 19.2. The molecule has 1 atom stereocenters. The molecule has 0 radical (unpaired) electrons. The van der Waals surface area contributed by atoms with Gasteiger partial charge in [-0.3, -0.25) is 19.3 Å². The van der Waals surface area contributed by atoms with E-state index in [0.29, 0.717) is 0 Å². The van der Waals surface area contributed by atoms with E-state index >= 15 is 0 Å². The van der Waals surface area contributed by atoms with Gasteiger partial charge in [0.15, 0.2) is 0 Å². The van der Waals surface area contributed by atoms with Crippen LogP contribution < -0.4 is 5.32 Å². The van der Waals surface area contributed by atoms with Crippen molar-refractivity contribution < 1.29 is 14.4 Å². The summed E-state index contributed by atoms with van der Waals surface area (Å²) in [6.45, 7) is 2.13. The number of carbonyl (C=O) groups is 3. The third kappa shape index (κ3) is 4.61. The number of likely N-dealkylation sites (tertiary alicyclic amines) is 1. The number of carbonyl (C=O) groups excluding carboxylic acids is 3. The maximum atomic E-state index is 12.4. The molecule has 3 amide bonds. The van der Waals surface area contributed by atoms with Crippen molar-refractivity contribution in [3.8, 4) is 0 Å². The number of imide groups is 1. The summed E-state index contributed by atoms with van der Waals surface area (Å²) in [5, 5.41) is 3.04. The topological polar surface area (TPSA) is 66.5 Å². The number of hydrogen-bond donors (Lipinski definition) is 1. The molecule has 5 nitrogen and oxygen atoms in total. The number of hydrogen-bond acceptors (Lipinski definition) is 3. The zero-order valence-electron chi connectivity index (χ0n) is 15.4. The monoisotopic (exact) mass is 364 g/mol. The SMILES string of the molecule is CC(NC(=O)CCN1C(=O)CCC1=O)C(c1ccccc1)c1ccccc1. The maximum absolute atomic E-state index is 12.4. The Morgan fingerprint density at radius 2 is 1.41 bits per heavy atom. The summed E-state index contributed by atoms with van der Waals surface area (Å²) in [6, 6.07) is 20.0. The Morgan fingerprint density at radius 1 is 0.926 bits per heavy atom. The van der Waals surface area contributed by atoms with Crippen molar-refractivity contribution in [1.29, 1.82) is 0 Å². The highest BCUT2D eigenvalue weighted by Gasteiger charge is 2.29. The highest BCUT2D eigenvalue weighted by molar-refractivity contribution is 6.02. The average Bonchev–Trinajstić information content (AvgIpc) is 3.00. The minimum Gasteiger partial charge on any atom is -0.353 e. The van der Waals surface area contributed by atoms with Gasteiger partial charge < -0.3 is 5.32 Å². The lowest BCUT2D eigenvalue weighted by Crippen LogP contribution is -2.40. The molecule has 1 aliphatic rings. The highest BCUT2D eigenvalue weighted by Crippen LogP contribution is 2.28. The minimum atomic E-state index is -0.188. The van der Waals surface area contributed by atoms with Crippen molar-refractivity contribution in [2.75, 3.05) is 6.54 Å². The van der Waals surface area contributed by atoms with Crippen molar-refractivity contribution in [2.24, 2.45) is 0 Å². The van der Waals surface area contributed by atoms with Crippen LogP contribution in [0.15, 0.2) is 60.7 Å². The second-order valence-corrected chi connectivity index (χ2v) is 6.84. The molecule has 1 fully saturated rings. The molecular weight excluding hydrogens is 340 g/mol. The van der Waals surface area contributed by atoms with Crippen molar-refractivity contribution in [3.05, 3.63) is 71.8 Å². The summed E-state index contributed by atoms with van der Waals surface area (Å²) in [5.74, 6) is -0.516. The van der Waals surface area contributed by atoms with Crippen LogP contribution in [0.1, 0.15) is 43.2 Å². The minimum absolute atomic E-state index is 0.0198. The third-order valence-corrected chi connectivity index (χ3v) is 4.92. The normalized spacial score (nSPS) is 15.3. The summed E-state index contributed by atoms with van der Waals surface area (Å²) in [4.78, 5) is 37.0. The molecule has 1 aliphatic heterocycles. The molecule has 1 unspecified atom stereocenters. The number of benzene rings is 2. The van der Waals surface area contributed by atoms with E-state index in [1.165, 1.54) is 4.90 Å². The van der Waals surface area contributed by atoms with Gasteiger partial charge in [-0.1, -0.05) is 60.7 Å². The predicted molar refractivity (Wildman–Crippen MR) is 103 cm³/mol. The van der Waals surface area contributed by atoms with Crippen LogP contribution in [0.5, 0.6) is 0 Å². The fourth-order valence-corrected chi connectivity index (χ4v) is 3.59. The lowest BCUT2D eigenvalue weighted by atomic mass is 9.86. The van der Waals surface area contributed by atoms with E-state index in [9.17, 15) is 14.4 Å². The summed E-state index contributed by atoms with van der Waals surface area (Å²) in [5.41, 5.74) is 2.25. The van der Waals surface area contributed by atoms with E-state index in [2.05, 4.69) is 29.6 Å². The summed E-state index contributed by atoms with van der Waals surface area (Å²) in [7, 11) is 0. The van der Waals surface area contributed by atoms with Crippen molar-refractivity contribution in [3.63, 3.8) is 0 Å². The van der Waals surface area contributed by atoms with Crippen LogP contribution in [0.2, 0.25) is 0 Å². The number of amides is 3. The fourth-order valence-electron chi connectivity index (χ4n) is 3.59. The Kier molecular flexibility index (Phi) is 6.01. The highest BCUT2D eigenvalue weighted by atomic mass is 16.2. The predicted octanol–water partition coefficient (Wildman–Crippen LogP) is 2.86. The molecule has 0 bridgehead atoms. The number of nitrogens with one attached hydrogen (secondary N) is 1. The quantitative estimate of drug-likeness (QED) is 0.768. The first-order valence-electron chi connectivity index (χ1n) is 9.28. The van der Waals surface area contributed by atoms with Crippen LogP contribution in [0.4, 0.5) is 0 Å². The van der Waals surface area contributed by atoms with E-state index in [1.807, 2.05) is 43.3 Å². The van der Waals surface area contributed by atoms with E-state index < -0.39 is 0 Å². The average molecular weight is 364 g/mol. The van der Waals surface area contributed by atoms with Gasteiger partial charge in [0.1, 0.15) is 0 Å². The molecule has 0 aliphatic carbocycles. The Hall–Kier alpha value is -2.95. The first kappa shape index (κ1) is 18.8. The second kappa shape index (κ2) is 8.62. The van der Waals surface area contributed by atoms with Crippen LogP contribution in [-0.2, 0) is 14.4 Å². The van der Waals surface area contributed by atoms with Gasteiger partial charge in [0.25, 0.3) is 0 Å². The molecular formula is C22H24N2O3. The van der Waals surface area contributed by atoms with Gasteiger partial charge in [-0.25, -0.2) is 0 Å².